The molecule has 5 rings (SSSR count). The van der Waals surface area contributed by atoms with Gasteiger partial charge in [-0.3, -0.25) is 14.0 Å². The van der Waals surface area contributed by atoms with E-state index in [0.29, 0.717) is 27.5 Å². The van der Waals surface area contributed by atoms with Gasteiger partial charge >= 0.3 is 0 Å². The number of rotatable bonds is 2. The van der Waals surface area contributed by atoms with Crippen LogP contribution in [0.3, 0.4) is 0 Å². The van der Waals surface area contributed by atoms with Gasteiger partial charge < -0.3 is 4.90 Å². The molecular formula is C21H20FN5O. The molecule has 0 atom stereocenters. The molecule has 7 heteroatoms. The zero-order valence-electron chi connectivity index (χ0n) is 15.6. The molecule has 0 unspecified atom stereocenters. The fraction of sp³-hybridized carbons (Fsp3) is 0.286. The van der Waals surface area contributed by atoms with E-state index in [0.717, 1.165) is 18.8 Å². The highest BCUT2D eigenvalue weighted by Crippen LogP contribution is 2.24. The average molecular weight is 377 g/mol. The van der Waals surface area contributed by atoms with Crippen molar-refractivity contribution >= 4 is 27.5 Å². The number of anilines is 1. The minimum Gasteiger partial charge on any atom is -0.372 e. The van der Waals surface area contributed by atoms with Gasteiger partial charge in [0.25, 0.3) is 5.56 Å². The molecule has 28 heavy (non-hydrogen) atoms. The maximum atomic E-state index is 14.5. The topological polar surface area (TPSA) is 56.0 Å². The lowest BCUT2D eigenvalue weighted by atomic mass is 10.1. The van der Waals surface area contributed by atoms with E-state index in [-0.39, 0.29) is 5.56 Å². The van der Waals surface area contributed by atoms with Crippen LogP contribution in [0, 0.1) is 5.82 Å². The van der Waals surface area contributed by atoms with Crippen molar-refractivity contribution in [2.75, 3.05) is 18.0 Å². The Morgan fingerprint density at radius 3 is 2.68 bits per heavy atom. The van der Waals surface area contributed by atoms with Crippen LogP contribution in [-0.2, 0) is 7.05 Å². The summed E-state index contributed by atoms with van der Waals surface area (Å²) in [4.78, 5) is 19.9. The van der Waals surface area contributed by atoms with Crippen LogP contribution in [0.5, 0.6) is 0 Å². The smallest absolute Gasteiger partial charge is 0.265 e. The summed E-state index contributed by atoms with van der Waals surface area (Å²) >= 11 is 0. The summed E-state index contributed by atoms with van der Waals surface area (Å²) in [5.41, 5.74) is 2.22. The Hall–Kier alpha value is -3.22. The first-order valence-electron chi connectivity index (χ1n) is 9.50. The molecule has 3 heterocycles. The minimum absolute atomic E-state index is 0.202. The highest BCUT2D eigenvalue weighted by atomic mass is 19.1. The summed E-state index contributed by atoms with van der Waals surface area (Å²) in [5, 5.41) is 5.30. The molecule has 0 radical (unpaired) electrons. The molecule has 2 aromatic heterocycles. The second-order valence-corrected chi connectivity index (χ2v) is 7.34. The molecule has 142 valence electrons. The van der Waals surface area contributed by atoms with E-state index in [2.05, 4.69) is 15.0 Å². The predicted octanol–water partition coefficient (Wildman–Crippen LogP) is 3.40. The van der Waals surface area contributed by atoms with Crippen LogP contribution in [0.25, 0.3) is 27.5 Å². The third kappa shape index (κ3) is 2.74. The lowest BCUT2D eigenvalue weighted by Gasteiger charge is -2.28. The van der Waals surface area contributed by atoms with Gasteiger partial charge in [0.05, 0.1) is 16.6 Å². The second kappa shape index (κ2) is 6.44. The summed E-state index contributed by atoms with van der Waals surface area (Å²) in [5.74, 6) is -0.456. The molecule has 0 N–H and O–H groups in total. The minimum atomic E-state index is -0.456. The van der Waals surface area contributed by atoms with E-state index >= 15 is 0 Å². The summed E-state index contributed by atoms with van der Waals surface area (Å²) in [6.45, 7) is 2.01. The lowest BCUT2D eigenvalue weighted by molar-refractivity contribution is 0.578. The zero-order chi connectivity index (χ0) is 19.3. The van der Waals surface area contributed by atoms with Gasteiger partial charge in [-0.2, -0.15) is 5.10 Å². The van der Waals surface area contributed by atoms with Crippen LogP contribution < -0.4 is 10.5 Å². The van der Waals surface area contributed by atoms with Gasteiger partial charge in [0.15, 0.2) is 5.82 Å². The van der Waals surface area contributed by atoms with Crippen LogP contribution in [0.4, 0.5) is 10.1 Å². The molecule has 0 bridgehead atoms. The van der Waals surface area contributed by atoms with E-state index < -0.39 is 5.82 Å². The van der Waals surface area contributed by atoms with Crippen molar-refractivity contribution in [2.45, 2.75) is 19.3 Å². The van der Waals surface area contributed by atoms with Gasteiger partial charge in [-0.1, -0.05) is 0 Å². The van der Waals surface area contributed by atoms with Crippen LogP contribution in [0.15, 0.2) is 47.7 Å². The highest BCUT2D eigenvalue weighted by molar-refractivity contribution is 5.83. The van der Waals surface area contributed by atoms with E-state index in [1.165, 1.54) is 36.2 Å². The maximum Gasteiger partial charge on any atom is 0.265 e. The Morgan fingerprint density at radius 1 is 1.04 bits per heavy atom. The van der Waals surface area contributed by atoms with E-state index in [4.69, 9.17) is 0 Å². The number of fused-ring (bicyclic) bond motifs is 2. The number of aromatic nitrogens is 4. The van der Waals surface area contributed by atoms with Crippen molar-refractivity contribution in [3.63, 3.8) is 0 Å². The Labute approximate surface area is 160 Å². The first-order valence-corrected chi connectivity index (χ1v) is 9.50. The predicted molar refractivity (Wildman–Crippen MR) is 108 cm³/mol. The quantitative estimate of drug-likeness (QED) is 0.537. The molecule has 1 fully saturated rings. The zero-order valence-corrected chi connectivity index (χ0v) is 15.6. The molecule has 0 spiro atoms. The molecule has 0 aliphatic carbocycles. The van der Waals surface area contributed by atoms with Crippen molar-refractivity contribution in [1.82, 2.24) is 19.3 Å². The number of nitrogens with zero attached hydrogens (tertiary/aromatic N) is 5. The molecular weight excluding hydrogens is 357 g/mol. The molecule has 4 aromatic rings. The molecule has 1 aliphatic rings. The third-order valence-electron chi connectivity index (χ3n) is 5.40. The van der Waals surface area contributed by atoms with Crippen molar-refractivity contribution in [3.8, 4) is 5.69 Å². The normalized spacial score (nSPS) is 14.9. The summed E-state index contributed by atoms with van der Waals surface area (Å²) in [6.07, 6.45) is 6.78. The van der Waals surface area contributed by atoms with Gasteiger partial charge in [0, 0.05) is 43.5 Å². The molecule has 1 saturated heterocycles. The standard InChI is InChI=1S/C21H20FN5O/c1-25-12-14-9-16(11-18(22)20(14)24-25)27-13-23-19-6-5-15(10-17(19)21(27)28)26-7-3-2-4-8-26/h5-6,9-13H,2-4,7-8H2,1H3. The number of piperidine rings is 1. The fourth-order valence-electron chi connectivity index (χ4n) is 3.98. The second-order valence-electron chi connectivity index (χ2n) is 7.34. The fourth-order valence-corrected chi connectivity index (χ4v) is 3.98. The van der Waals surface area contributed by atoms with Crippen molar-refractivity contribution in [2.24, 2.45) is 7.05 Å². The van der Waals surface area contributed by atoms with Crippen LogP contribution in [0.2, 0.25) is 0 Å². The third-order valence-corrected chi connectivity index (χ3v) is 5.40. The summed E-state index contributed by atoms with van der Waals surface area (Å²) in [7, 11) is 1.74. The van der Waals surface area contributed by atoms with Gasteiger partial charge in [-0.15, -0.1) is 0 Å². The summed E-state index contributed by atoms with van der Waals surface area (Å²) in [6, 6.07) is 8.90. The number of halogens is 1. The molecule has 2 aromatic carbocycles. The number of benzene rings is 2. The van der Waals surface area contributed by atoms with Crippen molar-refractivity contribution in [1.29, 1.82) is 0 Å². The van der Waals surface area contributed by atoms with Crippen molar-refractivity contribution in [3.05, 3.63) is 59.0 Å². The molecule has 0 amide bonds. The lowest BCUT2D eigenvalue weighted by Crippen LogP contribution is -2.29. The molecule has 1 aliphatic heterocycles. The average Bonchev–Trinajstić information content (AvgIpc) is 3.10. The Bertz CT molecular complexity index is 1250. The van der Waals surface area contributed by atoms with Crippen LogP contribution >= 0.6 is 0 Å². The van der Waals surface area contributed by atoms with Gasteiger partial charge in [-0.25, -0.2) is 9.37 Å². The number of hydrogen-bond acceptors (Lipinski definition) is 4. The maximum absolute atomic E-state index is 14.5. The largest absolute Gasteiger partial charge is 0.372 e. The Kier molecular flexibility index (Phi) is 3.89. The summed E-state index contributed by atoms with van der Waals surface area (Å²) < 4.78 is 17.4. The van der Waals surface area contributed by atoms with Crippen LogP contribution in [-0.4, -0.2) is 32.4 Å². The number of hydrogen-bond donors (Lipinski definition) is 0. The SMILES string of the molecule is Cn1cc2cc(-n3cnc4ccc(N5CCCCC5)cc4c3=O)cc(F)c2n1. The first kappa shape index (κ1) is 16.9. The van der Waals surface area contributed by atoms with Gasteiger partial charge in [-0.05, 0) is 43.5 Å². The Balaban J connectivity index is 1.65. The highest BCUT2D eigenvalue weighted by Gasteiger charge is 2.15. The van der Waals surface area contributed by atoms with E-state index in [1.807, 2.05) is 18.2 Å². The monoisotopic (exact) mass is 377 g/mol. The van der Waals surface area contributed by atoms with Crippen LogP contribution in [0.1, 0.15) is 19.3 Å². The Morgan fingerprint density at radius 2 is 1.86 bits per heavy atom. The van der Waals surface area contributed by atoms with E-state index in [9.17, 15) is 9.18 Å². The number of aryl methyl sites for hydroxylation is 1. The molecule has 0 saturated carbocycles. The van der Waals surface area contributed by atoms with E-state index in [1.54, 1.807) is 24.0 Å². The first-order chi connectivity index (χ1) is 13.6. The van der Waals surface area contributed by atoms with Gasteiger partial charge in [0.1, 0.15) is 11.8 Å². The van der Waals surface area contributed by atoms with Crippen molar-refractivity contribution < 1.29 is 4.39 Å². The molecule has 6 nitrogen and oxygen atoms in total. The van der Waals surface area contributed by atoms with Gasteiger partial charge in [0.2, 0.25) is 0 Å².